The maximum absolute atomic E-state index is 6.11. The maximum atomic E-state index is 6.11. The van der Waals surface area contributed by atoms with E-state index in [0.717, 1.165) is 22.6 Å². The summed E-state index contributed by atoms with van der Waals surface area (Å²) in [5, 5.41) is 3.98. The number of rotatable bonds is 5. The van der Waals surface area contributed by atoms with Crippen LogP contribution < -0.4 is 10.1 Å². The highest BCUT2D eigenvalue weighted by atomic mass is 35.5. The standard InChI is InChI=1S/C16H14Cl2N2O/c1-3-8-21-13-7-5-4-6-12(13)10-19-15-11(2)9-14(17)20-16(15)18/h1,4-7,9,19H,8,10H2,2H3. The number of nitrogens with one attached hydrogen (secondary N) is 1. The van der Waals surface area contributed by atoms with E-state index in [0.29, 0.717) is 16.9 Å². The van der Waals surface area contributed by atoms with Crippen molar-refractivity contribution in [2.24, 2.45) is 0 Å². The van der Waals surface area contributed by atoms with Crippen LogP contribution in [0.1, 0.15) is 11.1 Å². The van der Waals surface area contributed by atoms with E-state index >= 15 is 0 Å². The van der Waals surface area contributed by atoms with Gasteiger partial charge in [0.25, 0.3) is 0 Å². The van der Waals surface area contributed by atoms with Gasteiger partial charge in [-0.15, -0.1) is 6.42 Å². The first-order valence-corrected chi connectivity index (χ1v) is 7.08. The van der Waals surface area contributed by atoms with Crippen molar-refractivity contribution < 1.29 is 4.74 Å². The minimum Gasteiger partial charge on any atom is -0.481 e. The number of aryl methyl sites for hydroxylation is 1. The summed E-state index contributed by atoms with van der Waals surface area (Å²) in [5.74, 6) is 3.20. The molecule has 2 aromatic rings. The summed E-state index contributed by atoms with van der Waals surface area (Å²) >= 11 is 12.0. The lowest BCUT2D eigenvalue weighted by atomic mass is 10.2. The molecule has 1 N–H and O–H groups in total. The third-order valence-corrected chi connectivity index (χ3v) is 3.35. The number of benzene rings is 1. The van der Waals surface area contributed by atoms with E-state index in [9.17, 15) is 0 Å². The first-order valence-electron chi connectivity index (χ1n) is 6.32. The third kappa shape index (κ3) is 4.04. The van der Waals surface area contributed by atoms with Crippen molar-refractivity contribution in [2.75, 3.05) is 11.9 Å². The first kappa shape index (κ1) is 15.5. The van der Waals surface area contributed by atoms with Gasteiger partial charge in [0.05, 0.1) is 5.69 Å². The maximum Gasteiger partial charge on any atom is 0.154 e. The quantitative estimate of drug-likeness (QED) is 0.658. The summed E-state index contributed by atoms with van der Waals surface area (Å²) in [6.07, 6.45) is 5.22. The number of halogens is 2. The van der Waals surface area contributed by atoms with E-state index in [-0.39, 0.29) is 6.61 Å². The number of hydrogen-bond acceptors (Lipinski definition) is 3. The molecule has 0 aliphatic carbocycles. The van der Waals surface area contributed by atoms with Crippen molar-refractivity contribution in [1.29, 1.82) is 0 Å². The molecule has 0 aliphatic rings. The number of para-hydroxylation sites is 1. The Balaban J connectivity index is 2.16. The Hall–Kier alpha value is -1.89. The molecule has 3 nitrogen and oxygen atoms in total. The summed E-state index contributed by atoms with van der Waals surface area (Å²) in [7, 11) is 0. The van der Waals surface area contributed by atoms with Crippen LogP contribution in [0.4, 0.5) is 5.69 Å². The van der Waals surface area contributed by atoms with Crippen LogP contribution in [0, 0.1) is 19.3 Å². The van der Waals surface area contributed by atoms with Crippen LogP contribution in [-0.2, 0) is 6.54 Å². The van der Waals surface area contributed by atoms with Crippen LogP contribution in [0.5, 0.6) is 5.75 Å². The lowest BCUT2D eigenvalue weighted by molar-refractivity contribution is 0.366. The molecule has 0 saturated carbocycles. The monoisotopic (exact) mass is 320 g/mol. The van der Waals surface area contributed by atoms with Crippen LogP contribution >= 0.6 is 23.2 Å². The van der Waals surface area contributed by atoms with E-state index in [4.69, 9.17) is 34.4 Å². The highest BCUT2D eigenvalue weighted by molar-refractivity contribution is 6.34. The molecule has 5 heteroatoms. The lowest BCUT2D eigenvalue weighted by Crippen LogP contribution is -2.05. The minimum absolute atomic E-state index is 0.235. The summed E-state index contributed by atoms with van der Waals surface area (Å²) in [5.41, 5.74) is 2.67. The number of ether oxygens (including phenoxy) is 1. The van der Waals surface area contributed by atoms with Crippen molar-refractivity contribution in [1.82, 2.24) is 4.98 Å². The Morgan fingerprint density at radius 1 is 1.33 bits per heavy atom. The van der Waals surface area contributed by atoms with E-state index in [1.807, 2.05) is 31.2 Å². The van der Waals surface area contributed by atoms with Gasteiger partial charge in [0.15, 0.2) is 5.15 Å². The molecule has 0 amide bonds. The third-order valence-electron chi connectivity index (χ3n) is 2.88. The van der Waals surface area contributed by atoms with Crippen molar-refractivity contribution in [3.8, 4) is 18.1 Å². The molecular formula is C16H14Cl2N2O. The molecule has 0 radical (unpaired) electrons. The highest BCUT2D eigenvalue weighted by Crippen LogP contribution is 2.28. The largest absolute Gasteiger partial charge is 0.481 e. The Bertz CT molecular complexity index is 657. The Labute approximate surface area is 134 Å². The molecule has 0 aliphatic heterocycles. The molecule has 1 aromatic heterocycles. The fraction of sp³-hybridized carbons (Fsp3) is 0.188. The summed E-state index contributed by atoms with van der Waals surface area (Å²) in [6.45, 7) is 2.70. The van der Waals surface area contributed by atoms with Gasteiger partial charge in [-0.25, -0.2) is 4.98 Å². The molecule has 0 bridgehead atoms. The Morgan fingerprint density at radius 3 is 2.81 bits per heavy atom. The van der Waals surface area contributed by atoms with Gasteiger partial charge in [-0.05, 0) is 24.6 Å². The number of nitrogens with zero attached hydrogens (tertiary/aromatic N) is 1. The number of aromatic nitrogens is 1. The molecule has 108 valence electrons. The predicted octanol–water partition coefficient (Wildman–Crippen LogP) is 4.32. The fourth-order valence-corrected chi connectivity index (χ4v) is 2.50. The first-order chi connectivity index (χ1) is 10.1. The minimum atomic E-state index is 0.235. The van der Waals surface area contributed by atoms with E-state index in [1.54, 1.807) is 6.07 Å². The lowest BCUT2D eigenvalue weighted by Gasteiger charge is -2.14. The van der Waals surface area contributed by atoms with E-state index < -0.39 is 0 Å². The average Bonchev–Trinajstić information content (AvgIpc) is 2.45. The molecule has 0 unspecified atom stereocenters. The molecule has 0 atom stereocenters. The smallest absolute Gasteiger partial charge is 0.154 e. The SMILES string of the molecule is C#CCOc1ccccc1CNc1c(C)cc(Cl)nc1Cl. The summed E-state index contributed by atoms with van der Waals surface area (Å²) in [4.78, 5) is 4.03. The fourth-order valence-electron chi connectivity index (χ4n) is 1.90. The zero-order valence-corrected chi connectivity index (χ0v) is 13.0. The van der Waals surface area contributed by atoms with Gasteiger partial charge in [-0.1, -0.05) is 47.3 Å². The average molecular weight is 321 g/mol. The molecule has 0 fully saturated rings. The number of anilines is 1. The zero-order chi connectivity index (χ0) is 15.2. The van der Waals surface area contributed by atoms with Gasteiger partial charge in [-0.2, -0.15) is 0 Å². The van der Waals surface area contributed by atoms with Crippen molar-refractivity contribution >= 4 is 28.9 Å². The van der Waals surface area contributed by atoms with Gasteiger partial charge < -0.3 is 10.1 Å². The second-order valence-corrected chi connectivity index (χ2v) is 5.13. The molecule has 2 rings (SSSR count). The molecule has 21 heavy (non-hydrogen) atoms. The molecule has 1 heterocycles. The number of hydrogen-bond donors (Lipinski definition) is 1. The van der Waals surface area contributed by atoms with Crippen LogP contribution in [-0.4, -0.2) is 11.6 Å². The topological polar surface area (TPSA) is 34.1 Å². The van der Waals surface area contributed by atoms with Crippen LogP contribution in [0.15, 0.2) is 30.3 Å². The van der Waals surface area contributed by atoms with Crippen LogP contribution in [0.25, 0.3) is 0 Å². The van der Waals surface area contributed by atoms with Crippen molar-refractivity contribution in [3.63, 3.8) is 0 Å². The van der Waals surface area contributed by atoms with Crippen molar-refractivity contribution in [3.05, 3.63) is 51.8 Å². The summed E-state index contributed by atoms with van der Waals surface area (Å²) in [6, 6.07) is 9.44. The predicted molar refractivity (Wildman–Crippen MR) is 87.1 cm³/mol. The van der Waals surface area contributed by atoms with Crippen LogP contribution in [0.2, 0.25) is 10.3 Å². The number of pyridine rings is 1. The number of terminal acetylenes is 1. The van der Waals surface area contributed by atoms with Gasteiger partial charge >= 0.3 is 0 Å². The van der Waals surface area contributed by atoms with Gasteiger partial charge in [0, 0.05) is 12.1 Å². The van der Waals surface area contributed by atoms with Crippen molar-refractivity contribution in [2.45, 2.75) is 13.5 Å². The van der Waals surface area contributed by atoms with Crippen LogP contribution in [0.3, 0.4) is 0 Å². The second-order valence-electron chi connectivity index (χ2n) is 4.38. The Kier molecular flexibility index (Phi) is 5.32. The zero-order valence-electron chi connectivity index (χ0n) is 11.5. The second kappa shape index (κ2) is 7.21. The molecule has 0 saturated heterocycles. The normalized spacial score (nSPS) is 10.0. The Morgan fingerprint density at radius 2 is 2.10 bits per heavy atom. The highest BCUT2D eigenvalue weighted by Gasteiger charge is 2.09. The molecule has 0 spiro atoms. The van der Waals surface area contributed by atoms with Gasteiger partial charge in [0.2, 0.25) is 0 Å². The molecular weight excluding hydrogens is 307 g/mol. The van der Waals surface area contributed by atoms with Gasteiger partial charge in [-0.3, -0.25) is 0 Å². The van der Waals surface area contributed by atoms with E-state index in [1.165, 1.54) is 0 Å². The summed E-state index contributed by atoms with van der Waals surface area (Å²) < 4.78 is 5.51. The molecule has 1 aromatic carbocycles. The van der Waals surface area contributed by atoms with E-state index in [2.05, 4.69) is 16.2 Å². The van der Waals surface area contributed by atoms with Gasteiger partial charge in [0.1, 0.15) is 17.5 Å².